The molecule has 0 saturated heterocycles. The van der Waals surface area contributed by atoms with E-state index in [0.717, 1.165) is 30.7 Å². The average Bonchev–Trinajstić information content (AvgIpc) is 2.92. The SMILES string of the molecule is CC(NSNc1c(Cl)c(C(=O)Nc2ccnc(Cl)c2)n2c1CCCC2)OC(F)(F)F. The Hall–Kier alpha value is -1.66. The lowest BCUT2D eigenvalue weighted by molar-refractivity contribution is -0.341. The lowest BCUT2D eigenvalue weighted by Crippen LogP contribution is -2.30. The Kier molecular flexibility index (Phi) is 7.40. The highest BCUT2D eigenvalue weighted by molar-refractivity contribution is 7.98. The van der Waals surface area contributed by atoms with Gasteiger partial charge in [-0.3, -0.25) is 9.53 Å². The van der Waals surface area contributed by atoms with Gasteiger partial charge in [-0.1, -0.05) is 23.2 Å². The molecule has 2 aromatic heterocycles. The van der Waals surface area contributed by atoms with Gasteiger partial charge < -0.3 is 14.6 Å². The molecule has 1 aliphatic heterocycles. The number of ether oxygens (including phenoxy) is 1. The third-order valence-corrected chi connectivity index (χ3v) is 5.58. The average molecular weight is 484 g/mol. The molecule has 0 fully saturated rings. The predicted molar refractivity (Wildman–Crippen MR) is 111 cm³/mol. The summed E-state index contributed by atoms with van der Waals surface area (Å²) < 4.78 is 47.9. The van der Waals surface area contributed by atoms with Crippen molar-refractivity contribution >= 4 is 52.6 Å². The Bertz CT molecular complexity index is 926. The second-order valence-corrected chi connectivity index (χ2v) is 7.85. The number of pyridine rings is 1. The second-order valence-electron chi connectivity index (χ2n) is 6.44. The maximum absolute atomic E-state index is 12.9. The van der Waals surface area contributed by atoms with Crippen LogP contribution in [0.3, 0.4) is 0 Å². The van der Waals surface area contributed by atoms with Crippen molar-refractivity contribution in [1.82, 2.24) is 14.3 Å². The summed E-state index contributed by atoms with van der Waals surface area (Å²) in [6.45, 7) is 1.82. The van der Waals surface area contributed by atoms with Crippen LogP contribution in [0.25, 0.3) is 0 Å². The van der Waals surface area contributed by atoms with Crippen molar-refractivity contribution in [3.8, 4) is 0 Å². The number of hydrogen-bond acceptors (Lipinski definition) is 6. The predicted octanol–water partition coefficient (Wildman–Crippen LogP) is 5.23. The van der Waals surface area contributed by atoms with Gasteiger partial charge in [-0.2, -0.15) is 0 Å². The Balaban J connectivity index is 1.77. The molecule has 0 bridgehead atoms. The van der Waals surface area contributed by atoms with Crippen molar-refractivity contribution in [2.24, 2.45) is 0 Å². The molecule has 0 aromatic carbocycles. The van der Waals surface area contributed by atoms with Crippen molar-refractivity contribution in [3.05, 3.63) is 39.9 Å². The number of hydrogen-bond donors (Lipinski definition) is 3. The minimum absolute atomic E-state index is 0.184. The monoisotopic (exact) mass is 483 g/mol. The lowest BCUT2D eigenvalue weighted by Gasteiger charge is -2.19. The standard InChI is InChI=1S/C17H18Cl2F3N5O2S/c1-9(29-17(20,21)22)25-30-26-14-11-4-2-3-7-27(11)15(13(14)19)16(28)24-10-5-6-23-12(18)8-10/h5-6,8-9,25-26H,2-4,7H2,1H3,(H,23,24,28). The van der Waals surface area contributed by atoms with Crippen molar-refractivity contribution in [3.63, 3.8) is 0 Å². The fourth-order valence-corrected chi connectivity index (χ4v) is 4.26. The zero-order chi connectivity index (χ0) is 21.9. The molecular formula is C17H18Cl2F3N5O2S. The highest BCUT2D eigenvalue weighted by atomic mass is 35.5. The number of carbonyl (C=O) groups is 1. The molecule has 30 heavy (non-hydrogen) atoms. The van der Waals surface area contributed by atoms with E-state index in [-0.39, 0.29) is 15.9 Å². The van der Waals surface area contributed by atoms with E-state index >= 15 is 0 Å². The first-order valence-corrected chi connectivity index (χ1v) is 10.5. The van der Waals surface area contributed by atoms with Gasteiger partial charge in [-0.15, -0.1) is 13.2 Å². The number of nitrogens with zero attached hydrogens (tertiary/aromatic N) is 2. The summed E-state index contributed by atoms with van der Waals surface area (Å²) in [5, 5.41) is 3.16. The van der Waals surface area contributed by atoms with Crippen LogP contribution in [0.4, 0.5) is 24.5 Å². The first kappa shape index (κ1) is 23.0. The lowest BCUT2D eigenvalue weighted by atomic mass is 10.1. The summed E-state index contributed by atoms with van der Waals surface area (Å²) in [6.07, 6.45) is -2.12. The first-order chi connectivity index (χ1) is 14.2. The normalized spacial score (nSPS) is 14.9. The number of aromatic nitrogens is 2. The molecule has 0 radical (unpaired) electrons. The van der Waals surface area contributed by atoms with Crippen molar-refractivity contribution in [2.75, 3.05) is 10.0 Å². The molecular weight excluding hydrogens is 466 g/mol. The maximum Gasteiger partial charge on any atom is 0.524 e. The van der Waals surface area contributed by atoms with Crippen molar-refractivity contribution in [1.29, 1.82) is 0 Å². The summed E-state index contributed by atoms with van der Waals surface area (Å²) >= 11 is 13.1. The van der Waals surface area contributed by atoms with Crippen LogP contribution in [-0.2, 0) is 17.7 Å². The number of rotatable bonds is 7. The topological polar surface area (TPSA) is 80.2 Å². The smallest absolute Gasteiger partial charge is 0.337 e. The van der Waals surface area contributed by atoms with E-state index in [1.165, 1.54) is 19.2 Å². The van der Waals surface area contributed by atoms with Gasteiger partial charge >= 0.3 is 6.36 Å². The van der Waals surface area contributed by atoms with E-state index in [0.29, 0.717) is 24.3 Å². The van der Waals surface area contributed by atoms with Crippen LogP contribution in [0.2, 0.25) is 10.2 Å². The summed E-state index contributed by atoms with van der Waals surface area (Å²) in [4.78, 5) is 16.8. The molecule has 1 amide bonds. The molecule has 1 atom stereocenters. The van der Waals surface area contributed by atoms with Crippen molar-refractivity contribution < 1.29 is 22.7 Å². The number of carbonyl (C=O) groups excluding carboxylic acids is 1. The van der Waals surface area contributed by atoms with E-state index in [1.807, 2.05) is 4.57 Å². The molecule has 3 heterocycles. The molecule has 2 aromatic rings. The molecule has 1 aliphatic rings. The molecule has 0 saturated carbocycles. The van der Waals surface area contributed by atoms with Gasteiger partial charge in [-0.05, 0) is 38.3 Å². The van der Waals surface area contributed by atoms with Gasteiger partial charge in [0.2, 0.25) is 0 Å². The molecule has 13 heteroatoms. The molecule has 1 unspecified atom stereocenters. The summed E-state index contributed by atoms with van der Waals surface area (Å²) in [5.74, 6) is -0.426. The van der Waals surface area contributed by atoms with E-state index in [2.05, 4.69) is 24.5 Å². The van der Waals surface area contributed by atoms with Gasteiger partial charge in [0.05, 0.1) is 10.7 Å². The summed E-state index contributed by atoms with van der Waals surface area (Å²) in [7, 11) is 0. The first-order valence-electron chi connectivity index (χ1n) is 8.91. The maximum atomic E-state index is 12.9. The fourth-order valence-electron chi connectivity index (χ4n) is 3.09. The van der Waals surface area contributed by atoms with E-state index in [4.69, 9.17) is 23.2 Å². The highest BCUT2D eigenvalue weighted by Gasteiger charge is 2.32. The summed E-state index contributed by atoms with van der Waals surface area (Å²) in [5.41, 5.74) is 2.02. The molecule has 164 valence electrons. The van der Waals surface area contributed by atoms with Crippen LogP contribution < -0.4 is 14.8 Å². The number of halogens is 5. The number of alkyl halides is 3. The third-order valence-electron chi connectivity index (χ3n) is 4.24. The number of amides is 1. The zero-order valence-corrected chi connectivity index (χ0v) is 18.0. The Labute approximate surface area is 184 Å². The molecule has 0 spiro atoms. The fraction of sp³-hybridized carbons (Fsp3) is 0.412. The van der Waals surface area contributed by atoms with Gasteiger partial charge in [0.15, 0.2) is 0 Å². The van der Waals surface area contributed by atoms with Crippen LogP contribution in [-0.4, -0.2) is 28.0 Å². The number of fused-ring (bicyclic) bond motifs is 1. The van der Waals surface area contributed by atoms with Crippen LogP contribution in [0.1, 0.15) is 35.9 Å². The number of nitrogens with one attached hydrogen (secondary N) is 3. The van der Waals surface area contributed by atoms with Gasteiger partial charge in [0.1, 0.15) is 17.1 Å². The van der Waals surface area contributed by atoms with Crippen LogP contribution in [0, 0.1) is 0 Å². The molecule has 0 aliphatic carbocycles. The van der Waals surface area contributed by atoms with E-state index in [9.17, 15) is 18.0 Å². The van der Waals surface area contributed by atoms with E-state index in [1.54, 1.807) is 6.07 Å². The minimum atomic E-state index is -4.75. The Morgan fingerprint density at radius 1 is 1.37 bits per heavy atom. The quantitative estimate of drug-likeness (QED) is 0.284. The molecule has 7 nitrogen and oxygen atoms in total. The van der Waals surface area contributed by atoms with Crippen LogP contribution >= 0.6 is 35.3 Å². The Morgan fingerprint density at radius 2 is 2.13 bits per heavy atom. The van der Waals surface area contributed by atoms with Gasteiger partial charge in [0, 0.05) is 36.3 Å². The zero-order valence-electron chi connectivity index (χ0n) is 15.6. The van der Waals surface area contributed by atoms with Crippen LogP contribution in [0.5, 0.6) is 0 Å². The van der Waals surface area contributed by atoms with Gasteiger partial charge in [0.25, 0.3) is 5.91 Å². The van der Waals surface area contributed by atoms with Crippen LogP contribution in [0.15, 0.2) is 18.3 Å². The molecule has 3 N–H and O–H groups in total. The van der Waals surface area contributed by atoms with Crippen molar-refractivity contribution in [2.45, 2.75) is 45.3 Å². The van der Waals surface area contributed by atoms with E-state index < -0.39 is 18.5 Å². The Morgan fingerprint density at radius 3 is 2.83 bits per heavy atom. The molecule has 3 rings (SSSR count). The highest BCUT2D eigenvalue weighted by Crippen LogP contribution is 2.38. The number of anilines is 2. The minimum Gasteiger partial charge on any atom is -0.337 e. The largest absolute Gasteiger partial charge is 0.524 e. The summed E-state index contributed by atoms with van der Waals surface area (Å²) in [6, 6.07) is 3.10. The second kappa shape index (κ2) is 9.65. The third kappa shape index (κ3) is 5.73. The van der Waals surface area contributed by atoms with Gasteiger partial charge in [-0.25, -0.2) is 9.71 Å².